The maximum Gasteiger partial charge on any atom is 0.488 e. The van der Waals surface area contributed by atoms with Crippen molar-refractivity contribution in [3.05, 3.63) is 125 Å². The summed E-state index contributed by atoms with van der Waals surface area (Å²) < 4.78 is 0. The minimum Gasteiger partial charge on any atom is -0.423 e. The number of rotatable bonds is 3. The van der Waals surface area contributed by atoms with Crippen LogP contribution in [0.3, 0.4) is 0 Å². The Morgan fingerprint density at radius 2 is 1.41 bits per heavy atom. The van der Waals surface area contributed by atoms with Crippen molar-refractivity contribution < 1.29 is 10.0 Å². The maximum atomic E-state index is 9.81. The largest absolute Gasteiger partial charge is 0.488 e. The zero-order chi connectivity index (χ0) is 27.3. The van der Waals surface area contributed by atoms with Crippen LogP contribution in [0.15, 0.2) is 103 Å². The molecule has 0 saturated heterocycles. The van der Waals surface area contributed by atoms with Gasteiger partial charge in [0.2, 0.25) is 0 Å². The van der Waals surface area contributed by atoms with Crippen molar-refractivity contribution in [3.8, 4) is 11.1 Å². The Morgan fingerprint density at radius 3 is 2.15 bits per heavy atom. The molecule has 4 heteroatoms. The monoisotopic (exact) mass is 511 g/mol. The van der Waals surface area contributed by atoms with E-state index in [9.17, 15) is 10.0 Å². The smallest absolute Gasteiger partial charge is 0.423 e. The zero-order valence-corrected chi connectivity index (χ0v) is 23.0. The molecule has 0 spiro atoms. The molecule has 3 nitrogen and oxygen atoms in total. The molecular formula is C35H34BNO2. The SMILES string of the molecule is CC.CC1(C)c2ccc(B(O)O)cc2-c2cc(C3=CC=C4c5ccccc5N(c5ccccc5)C4C3)ccc21. The van der Waals surface area contributed by atoms with Crippen molar-refractivity contribution in [2.45, 2.75) is 45.6 Å². The topological polar surface area (TPSA) is 43.7 Å². The third-order valence-corrected chi connectivity index (χ3v) is 8.43. The molecule has 3 aliphatic rings. The van der Waals surface area contributed by atoms with Crippen LogP contribution in [0.2, 0.25) is 0 Å². The highest BCUT2D eigenvalue weighted by Gasteiger charge is 2.38. The molecule has 2 aliphatic carbocycles. The van der Waals surface area contributed by atoms with Crippen LogP contribution in [-0.2, 0) is 5.41 Å². The molecular weight excluding hydrogens is 477 g/mol. The molecule has 7 rings (SSSR count). The van der Waals surface area contributed by atoms with Crippen molar-refractivity contribution in [2.24, 2.45) is 0 Å². The van der Waals surface area contributed by atoms with Crippen molar-refractivity contribution in [2.75, 3.05) is 4.90 Å². The fourth-order valence-corrected chi connectivity index (χ4v) is 6.55. The van der Waals surface area contributed by atoms with Gasteiger partial charge in [0.15, 0.2) is 0 Å². The first-order chi connectivity index (χ1) is 18.9. The van der Waals surface area contributed by atoms with E-state index in [4.69, 9.17) is 0 Å². The number of hydrogen-bond acceptors (Lipinski definition) is 3. The van der Waals surface area contributed by atoms with Crippen LogP contribution in [-0.4, -0.2) is 23.2 Å². The van der Waals surface area contributed by atoms with Crippen molar-refractivity contribution in [1.82, 2.24) is 0 Å². The van der Waals surface area contributed by atoms with Gasteiger partial charge in [0.25, 0.3) is 0 Å². The summed E-state index contributed by atoms with van der Waals surface area (Å²) in [5, 5.41) is 19.6. The van der Waals surface area contributed by atoms with E-state index in [1.54, 1.807) is 0 Å². The van der Waals surface area contributed by atoms with Crippen LogP contribution >= 0.6 is 0 Å². The molecule has 0 bridgehead atoms. The molecule has 0 radical (unpaired) electrons. The van der Waals surface area contributed by atoms with Gasteiger partial charge in [-0.3, -0.25) is 0 Å². The van der Waals surface area contributed by atoms with E-state index in [0.29, 0.717) is 5.46 Å². The standard InChI is InChI=1S/C33H28BNO2.C2H6/c1-33(2)29-16-13-21(18-27(29)28-20-23(34(36)37)14-17-30(28)33)22-12-15-26-25-10-6-7-11-31(25)35(32(26)19-22)24-8-4-3-5-9-24;1-2/h3-18,20,32,36-37H,19H2,1-2H3;1-2H3. The molecule has 0 amide bonds. The second-order valence-corrected chi connectivity index (χ2v) is 10.8. The Morgan fingerprint density at radius 1 is 0.744 bits per heavy atom. The van der Waals surface area contributed by atoms with E-state index in [-0.39, 0.29) is 11.5 Å². The molecule has 194 valence electrons. The molecule has 2 N–H and O–H groups in total. The maximum absolute atomic E-state index is 9.81. The summed E-state index contributed by atoms with van der Waals surface area (Å²) in [4.78, 5) is 2.48. The van der Waals surface area contributed by atoms with Crippen LogP contribution in [0.25, 0.3) is 22.3 Å². The van der Waals surface area contributed by atoms with E-state index in [1.165, 1.54) is 50.3 Å². The third kappa shape index (κ3) is 3.98. The van der Waals surface area contributed by atoms with Crippen molar-refractivity contribution >= 4 is 35.1 Å². The van der Waals surface area contributed by atoms with Gasteiger partial charge in [-0.2, -0.15) is 0 Å². The van der Waals surface area contributed by atoms with Crippen LogP contribution in [0.1, 0.15) is 56.4 Å². The van der Waals surface area contributed by atoms with E-state index in [1.807, 2.05) is 32.0 Å². The summed E-state index contributed by atoms with van der Waals surface area (Å²) in [6, 6.07) is 32.3. The first kappa shape index (κ1) is 25.4. The molecule has 39 heavy (non-hydrogen) atoms. The highest BCUT2D eigenvalue weighted by molar-refractivity contribution is 6.58. The molecule has 0 fully saturated rings. The van der Waals surface area contributed by atoms with Gasteiger partial charge >= 0.3 is 7.12 Å². The predicted octanol–water partition coefficient (Wildman–Crippen LogP) is 7.09. The van der Waals surface area contributed by atoms with Gasteiger partial charge in [-0.25, -0.2) is 0 Å². The van der Waals surface area contributed by atoms with Gasteiger partial charge in [-0.15, -0.1) is 0 Å². The average Bonchev–Trinajstić information content (AvgIpc) is 3.42. The Labute approximate surface area is 231 Å². The first-order valence-electron chi connectivity index (χ1n) is 13.9. The van der Waals surface area contributed by atoms with Gasteiger partial charge < -0.3 is 14.9 Å². The van der Waals surface area contributed by atoms with Gasteiger partial charge in [0.1, 0.15) is 0 Å². The summed E-state index contributed by atoms with van der Waals surface area (Å²) in [5.41, 5.74) is 12.9. The normalized spacial score (nSPS) is 17.6. The number of para-hydroxylation sites is 2. The summed E-state index contributed by atoms with van der Waals surface area (Å²) in [5.74, 6) is 0. The summed E-state index contributed by atoms with van der Waals surface area (Å²) in [6.45, 7) is 8.49. The summed E-state index contributed by atoms with van der Waals surface area (Å²) in [6.07, 6.45) is 5.50. The highest BCUT2D eigenvalue weighted by Crippen LogP contribution is 2.51. The van der Waals surface area contributed by atoms with Crippen molar-refractivity contribution in [1.29, 1.82) is 0 Å². The Hall–Kier alpha value is -3.86. The number of nitrogens with zero attached hydrogens (tertiary/aromatic N) is 1. The lowest BCUT2D eigenvalue weighted by Crippen LogP contribution is -2.30. The fraction of sp³-hybridized carbons (Fsp3) is 0.200. The molecule has 4 aromatic carbocycles. The average molecular weight is 511 g/mol. The lowest BCUT2D eigenvalue weighted by molar-refractivity contribution is 0.426. The van der Waals surface area contributed by atoms with E-state index < -0.39 is 7.12 Å². The molecule has 0 saturated carbocycles. The molecule has 0 aromatic heterocycles. The fourth-order valence-electron chi connectivity index (χ4n) is 6.55. The van der Waals surface area contributed by atoms with Crippen LogP contribution in [0.4, 0.5) is 11.4 Å². The predicted molar refractivity (Wildman–Crippen MR) is 165 cm³/mol. The highest BCUT2D eigenvalue weighted by atomic mass is 16.4. The van der Waals surface area contributed by atoms with Gasteiger partial charge in [-0.05, 0) is 75.1 Å². The minimum atomic E-state index is -1.47. The van der Waals surface area contributed by atoms with Crippen LogP contribution < -0.4 is 10.4 Å². The minimum absolute atomic E-state index is 0.132. The van der Waals surface area contributed by atoms with Gasteiger partial charge in [0.05, 0.1) is 6.04 Å². The lowest BCUT2D eigenvalue weighted by atomic mass is 9.77. The van der Waals surface area contributed by atoms with E-state index in [0.717, 1.165) is 12.0 Å². The second-order valence-electron chi connectivity index (χ2n) is 10.8. The number of fused-ring (bicyclic) bond motifs is 6. The zero-order valence-electron chi connectivity index (χ0n) is 23.0. The number of hydrogen-bond donors (Lipinski definition) is 2. The third-order valence-electron chi connectivity index (χ3n) is 8.43. The first-order valence-corrected chi connectivity index (χ1v) is 13.9. The van der Waals surface area contributed by atoms with E-state index in [2.05, 4.69) is 104 Å². The quantitative estimate of drug-likeness (QED) is 0.289. The molecule has 1 atom stereocenters. The van der Waals surface area contributed by atoms with Crippen LogP contribution in [0.5, 0.6) is 0 Å². The van der Waals surface area contributed by atoms with Crippen LogP contribution in [0, 0.1) is 0 Å². The molecule has 1 heterocycles. The Balaban J connectivity index is 0.00000135. The molecule has 1 aliphatic heterocycles. The molecule has 1 unspecified atom stereocenters. The Bertz CT molecular complexity index is 1620. The number of anilines is 2. The molecule has 4 aromatic rings. The van der Waals surface area contributed by atoms with Gasteiger partial charge in [0, 0.05) is 22.4 Å². The summed E-state index contributed by atoms with van der Waals surface area (Å²) >= 11 is 0. The number of benzene rings is 4. The van der Waals surface area contributed by atoms with Crippen molar-refractivity contribution in [3.63, 3.8) is 0 Å². The second kappa shape index (κ2) is 9.71. The van der Waals surface area contributed by atoms with Gasteiger partial charge in [-0.1, -0.05) is 107 Å². The lowest BCUT2D eigenvalue weighted by Gasteiger charge is -2.31. The summed E-state index contributed by atoms with van der Waals surface area (Å²) in [7, 11) is -1.47. The number of allylic oxidation sites excluding steroid dienone is 2. The Kier molecular flexibility index (Phi) is 6.33. The van der Waals surface area contributed by atoms with E-state index >= 15 is 0 Å².